The molecule has 0 saturated heterocycles. The van der Waals surface area contributed by atoms with E-state index in [1.807, 2.05) is 24.3 Å². The summed E-state index contributed by atoms with van der Waals surface area (Å²) in [5, 5.41) is 13.1. The minimum atomic E-state index is -0.480. The van der Waals surface area contributed by atoms with Gasteiger partial charge in [-0.1, -0.05) is 12.1 Å². The normalized spacial score (nSPS) is 21.7. The summed E-state index contributed by atoms with van der Waals surface area (Å²) in [7, 11) is 3.05. The second-order valence-electron chi connectivity index (χ2n) is 7.42. The van der Waals surface area contributed by atoms with Crippen LogP contribution in [-0.2, 0) is 11.3 Å². The second-order valence-corrected chi connectivity index (χ2v) is 7.42. The molecule has 0 spiro atoms. The Bertz CT molecular complexity index is 875. The van der Waals surface area contributed by atoms with E-state index in [2.05, 4.69) is 4.90 Å². The van der Waals surface area contributed by atoms with Crippen LogP contribution in [0.4, 0.5) is 14.9 Å². The van der Waals surface area contributed by atoms with Crippen LogP contribution < -0.4 is 4.90 Å². The zero-order chi connectivity index (χ0) is 19.8. The molecule has 2 aliphatic heterocycles. The first kappa shape index (κ1) is 18.7. The van der Waals surface area contributed by atoms with Gasteiger partial charge in [0.15, 0.2) is 0 Å². The Balaban J connectivity index is 1.51. The van der Waals surface area contributed by atoms with E-state index in [1.165, 1.54) is 18.1 Å². The van der Waals surface area contributed by atoms with Crippen molar-refractivity contribution in [3.8, 4) is 0 Å². The van der Waals surface area contributed by atoms with E-state index in [9.17, 15) is 14.4 Å². The molecule has 1 aliphatic carbocycles. The lowest BCUT2D eigenvalue weighted by Gasteiger charge is -2.34. The predicted octanol–water partition coefficient (Wildman–Crippen LogP) is 3.37. The van der Waals surface area contributed by atoms with E-state index in [4.69, 9.17) is 4.74 Å². The maximum Gasteiger partial charge on any atom is 0.409 e. The van der Waals surface area contributed by atoms with Crippen molar-refractivity contribution in [2.45, 2.75) is 19.0 Å². The van der Waals surface area contributed by atoms with E-state index >= 15 is 0 Å². The van der Waals surface area contributed by atoms with Crippen LogP contribution >= 0.6 is 0 Å². The number of amides is 1. The Morgan fingerprint density at radius 3 is 2.79 bits per heavy atom. The largest absolute Gasteiger partial charge is 0.784 e. The molecule has 0 saturated carbocycles. The van der Waals surface area contributed by atoms with Crippen molar-refractivity contribution < 1.29 is 13.9 Å². The molecule has 28 heavy (non-hydrogen) atoms. The molecule has 0 fully saturated rings. The number of carbonyl (C=O) groups is 1. The molecule has 3 aliphatic rings. The fourth-order valence-electron chi connectivity index (χ4n) is 4.18. The second kappa shape index (κ2) is 7.41. The summed E-state index contributed by atoms with van der Waals surface area (Å²) in [4.78, 5) is 15.3. The molecule has 1 atom stereocenters. The Labute approximate surface area is 163 Å². The molecule has 7 heteroatoms. The third kappa shape index (κ3) is 3.43. The fraction of sp³-hybridized carbons (Fsp3) is 0.381. The van der Waals surface area contributed by atoms with Gasteiger partial charge >= 0.3 is 6.09 Å². The van der Waals surface area contributed by atoms with E-state index in [0.29, 0.717) is 19.6 Å². The molecule has 4 rings (SSSR count). The smallest absolute Gasteiger partial charge is 0.409 e. The zero-order valence-corrected chi connectivity index (χ0v) is 16.0. The highest BCUT2D eigenvalue weighted by Gasteiger charge is 2.33. The van der Waals surface area contributed by atoms with Gasteiger partial charge < -0.3 is 24.8 Å². The number of hydrogen-bond donors (Lipinski definition) is 0. The Kier molecular flexibility index (Phi) is 4.95. The molecule has 1 aromatic carbocycles. The van der Waals surface area contributed by atoms with Crippen molar-refractivity contribution >= 4 is 11.8 Å². The highest BCUT2D eigenvalue weighted by atomic mass is 19.1. The summed E-state index contributed by atoms with van der Waals surface area (Å²) < 4.78 is 18.8. The van der Waals surface area contributed by atoms with Crippen molar-refractivity contribution in [1.82, 2.24) is 9.96 Å². The van der Waals surface area contributed by atoms with E-state index in [1.54, 1.807) is 13.1 Å². The number of methoxy groups -OCH3 is 1. The molecular weight excluding hydrogens is 361 g/mol. The molecular formula is C21H23FN3O3-. The van der Waals surface area contributed by atoms with Crippen molar-refractivity contribution in [2.75, 3.05) is 38.7 Å². The quantitative estimate of drug-likeness (QED) is 0.800. The molecule has 2 heterocycles. The number of benzene rings is 1. The Morgan fingerprint density at radius 1 is 1.32 bits per heavy atom. The topological polar surface area (TPSA) is 59.1 Å². The van der Waals surface area contributed by atoms with Gasteiger partial charge in [-0.2, -0.15) is 0 Å². The lowest BCUT2D eigenvalue weighted by atomic mass is 9.92. The molecule has 148 valence electrons. The van der Waals surface area contributed by atoms with Gasteiger partial charge in [0.2, 0.25) is 0 Å². The number of nitrogens with zero attached hydrogens (tertiary/aromatic N) is 3. The number of hydroxylamine groups is 2. The summed E-state index contributed by atoms with van der Waals surface area (Å²) >= 11 is 0. The Morgan fingerprint density at radius 2 is 2.07 bits per heavy atom. The number of allylic oxidation sites excluding steroid dienone is 2. The average molecular weight is 384 g/mol. The molecule has 1 amide bonds. The van der Waals surface area contributed by atoms with Crippen LogP contribution in [0.15, 0.2) is 59.0 Å². The molecule has 1 unspecified atom stereocenters. The number of hydrogen-bond acceptors (Lipinski definition) is 5. The van der Waals surface area contributed by atoms with Gasteiger partial charge in [0, 0.05) is 45.0 Å². The number of anilines is 1. The van der Waals surface area contributed by atoms with E-state index in [-0.39, 0.29) is 11.9 Å². The van der Waals surface area contributed by atoms with Crippen LogP contribution in [0, 0.1) is 5.21 Å². The predicted molar refractivity (Wildman–Crippen MR) is 105 cm³/mol. The van der Waals surface area contributed by atoms with Crippen LogP contribution in [0.5, 0.6) is 0 Å². The third-order valence-corrected chi connectivity index (χ3v) is 5.56. The van der Waals surface area contributed by atoms with Crippen LogP contribution in [0.3, 0.4) is 0 Å². The fourth-order valence-corrected chi connectivity index (χ4v) is 4.18. The maximum atomic E-state index is 14.1. The summed E-state index contributed by atoms with van der Waals surface area (Å²) in [6.45, 7) is 2.17. The summed E-state index contributed by atoms with van der Waals surface area (Å²) in [6, 6.07) is 7.52. The Hall–Kier alpha value is -2.64. The van der Waals surface area contributed by atoms with Crippen LogP contribution in [-0.4, -0.2) is 55.9 Å². The van der Waals surface area contributed by atoms with Crippen LogP contribution in [0.1, 0.15) is 12.0 Å². The van der Waals surface area contributed by atoms with E-state index < -0.39 is 6.04 Å². The third-order valence-electron chi connectivity index (χ3n) is 5.56. The number of carbonyl (C=O) groups excluding carboxylic acids is 1. The standard InChI is InChI=1S/C21H23FN3O3/c1-23(21(26)28-2)11-14-3-5-18(6-4-14)24-8-7-15-13-25(27)19-10-17(22)9-16(12-24)20(15)19/h3-6,9-10,19H,7-8,11-13H2,1-2H3/q-1. The maximum absolute atomic E-state index is 14.1. The summed E-state index contributed by atoms with van der Waals surface area (Å²) in [6.07, 6.45) is 3.40. The first-order chi connectivity index (χ1) is 13.5. The van der Waals surface area contributed by atoms with Gasteiger partial charge in [0.05, 0.1) is 7.11 Å². The van der Waals surface area contributed by atoms with Crippen molar-refractivity contribution in [1.29, 1.82) is 0 Å². The van der Waals surface area contributed by atoms with Gasteiger partial charge in [-0.15, -0.1) is 0 Å². The zero-order valence-electron chi connectivity index (χ0n) is 16.0. The van der Waals surface area contributed by atoms with Gasteiger partial charge in [0.25, 0.3) is 0 Å². The molecule has 6 nitrogen and oxygen atoms in total. The van der Waals surface area contributed by atoms with Crippen molar-refractivity contribution in [3.05, 3.63) is 69.7 Å². The highest BCUT2D eigenvalue weighted by Crippen LogP contribution is 2.39. The molecule has 1 aromatic rings. The van der Waals surface area contributed by atoms with E-state index in [0.717, 1.165) is 46.0 Å². The first-order valence-corrected chi connectivity index (χ1v) is 9.33. The minimum absolute atomic E-state index is 0.339. The van der Waals surface area contributed by atoms with Gasteiger partial charge in [-0.3, -0.25) is 0 Å². The van der Waals surface area contributed by atoms with Crippen LogP contribution in [0.2, 0.25) is 0 Å². The SMILES string of the molecule is COC(=O)N(C)Cc1ccc(N2CCC3=C4C(=CC(F)=CC4N([O-])C3)C2)cc1. The average Bonchev–Trinajstić information content (AvgIpc) is 2.89. The monoisotopic (exact) mass is 384 g/mol. The van der Waals surface area contributed by atoms with Gasteiger partial charge in [-0.25, -0.2) is 9.18 Å². The molecule has 0 N–H and O–H groups in total. The molecule has 0 aromatic heterocycles. The highest BCUT2D eigenvalue weighted by molar-refractivity contribution is 5.67. The lowest BCUT2D eigenvalue weighted by molar-refractivity contribution is 0.131. The van der Waals surface area contributed by atoms with Gasteiger partial charge in [0.1, 0.15) is 5.83 Å². The first-order valence-electron chi connectivity index (χ1n) is 9.33. The number of rotatable bonds is 3. The minimum Gasteiger partial charge on any atom is -0.784 e. The van der Waals surface area contributed by atoms with Crippen molar-refractivity contribution in [2.24, 2.45) is 0 Å². The summed E-state index contributed by atoms with van der Waals surface area (Å²) in [5.74, 6) is -0.339. The van der Waals surface area contributed by atoms with Crippen molar-refractivity contribution in [3.63, 3.8) is 0 Å². The number of halogens is 1. The molecule has 0 bridgehead atoms. The summed E-state index contributed by atoms with van der Waals surface area (Å²) in [5.41, 5.74) is 5.06. The lowest BCUT2D eigenvalue weighted by Crippen LogP contribution is -2.32. The van der Waals surface area contributed by atoms with Gasteiger partial charge in [-0.05, 0) is 53.0 Å². The number of ether oxygens (including phenoxy) is 1. The molecule has 0 radical (unpaired) electrons. The van der Waals surface area contributed by atoms with Crippen LogP contribution in [0.25, 0.3) is 0 Å².